The number of hydrogen-bond acceptors (Lipinski definition) is 6. The lowest BCUT2D eigenvalue weighted by Crippen LogP contribution is -2.54. The van der Waals surface area contributed by atoms with Crippen molar-refractivity contribution in [2.75, 3.05) is 25.0 Å². The minimum Gasteiger partial charge on any atom is -0.449 e. The van der Waals surface area contributed by atoms with Crippen LogP contribution in [0.3, 0.4) is 0 Å². The van der Waals surface area contributed by atoms with Crippen LogP contribution < -0.4 is 20.4 Å². The summed E-state index contributed by atoms with van der Waals surface area (Å²) in [6.45, 7) is 3.66. The quantitative estimate of drug-likeness (QED) is 0.758. The first-order chi connectivity index (χ1) is 13.8. The summed E-state index contributed by atoms with van der Waals surface area (Å²) in [5.41, 5.74) is -0.159. The Morgan fingerprint density at radius 3 is 2.86 bits per heavy atom. The van der Waals surface area contributed by atoms with Gasteiger partial charge in [-0.2, -0.15) is 0 Å². The third-order valence-electron chi connectivity index (χ3n) is 6.75. The van der Waals surface area contributed by atoms with Crippen molar-refractivity contribution in [3.63, 3.8) is 0 Å². The molecule has 5 rings (SSSR count). The number of anilines is 1. The number of hydrogen-bond donors (Lipinski definition) is 2. The van der Waals surface area contributed by atoms with E-state index in [1.165, 1.54) is 12.3 Å². The van der Waals surface area contributed by atoms with Crippen LogP contribution in [-0.2, 0) is 0 Å². The van der Waals surface area contributed by atoms with Gasteiger partial charge in [0.05, 0.1) is 11.6 Å². The van der Waals surface area contributed by atoms with E-state index in [-0.39, 0.29) is 28.4 Å². The zero-order valence-electron chi connectivity index (χ0n) is 16.3. The van der Waals surface area contributed by atoms with E-state index in [9.17, 15) is 9.59 Å². The Kier molecular flexibility index (Phi) is 3.90. The fraction of sp³-hybridized carbons (Fsp3) is 0.550. The first kappa shape index (κ1) is 18.4. The minimum absolute atomic E-state index is 0.0402. The molecule has 154 valence electrons. The lowest BCUT2D eigenvalue weighted by Gasteiger charge is -2.48. The van der Waals surface area contributed by atoms with Gasteiger partial charge in [-0.3, -0.25) is 4.79 Å². The van der Waals surface area contributed by atoms with Gasteiger partial charge in [0.1, 0.15) is 5.65 Å². The second-order valence-electron chi connectivity index (χ2n) is 8.73. The van der Waals surface area contributed by atoms with E-state index < -0.39 is 17.4 Å². The van der Waals surface area contributed by atoms with Crippen LogP contribution in [0, 0.1) is 17.2 Å². The van der Waals surface area contributed by atoms with Crippen molar-refractivity contribution < 1.29 is 19.0 Å². The van der Waals surface area contributed by atoms with Crippen LogP contribution in [0.25, 0.3) is 11.0 Å². The van der Waals surface area contributed by atoms with Crippen LogP contribution in [0.4, 0.5) is 15.0 Å². The molecule has 29 heavy (non-hydrogen) atoms. The summed E-state index contributed by atoms with van der Waals surface area (Å²) >= 11 is 0. The topological polar surface area (TPSA) is 96.7 Å². The monoisotopic (exact) mass is 402 g/mol. The van der Waals surface area contributed by atoms with Gasteiger partial charge in [-0.15, -0.1) is 0 Å². The molecule has 2 aromatic heterocycles. The highest BCUT2D eigenvalue weighted by Crippen LogP contribution is 2.52. The van der Waals surface area contributed by atoms with Crippen LogP contribution in [-0.4, -0.2) is 47.0 Å². The number of rotatable bonds is 4. The molecule has 1 saturated heterocycles. The molecule has 0 unspecified atom stereocenters. The van der Waals surface area contributed by atoms with Crippen LogP contribution in [0.5, 0.6) is 5.75 Å². The molecular weight excluding hydrogens is 379 g/mol. The van der Waals surface area contributed by atoms with Crippen molar-refractivity contribution in [3.8, 4) is 5.75 Å². The van der Waals surface area contributed by atoms with Crippen molar-refractivity contribution in [1.29, 1.82) is 0 Å². The van der Waals surface area contributed by atoms with Crippen molar-refractivity contribution in [2.24, 2.45) is 11.3 Å². The number of ether oxygens (including phenoxy) is 1. The molecule has 0 bridgehead atoms. The summed E-state index contributed by atoms with van der Waals surface area (Å²) in [5, 5.41) is 12.3. The summed E-state index contributed by atoms with van der Waals surface area (Å²) in [5.74, 6) is -0.213. The smallest absolute Gasteiger partial charge is 0.449 e. The molecule has 3 atom stereocenters. The van der Waals surface area contributed by atoms with E-state index in [0.29, 0.717) is 24.2 Å². The Balaban J connectivity index is 1.60. The summed E-state index contributed by atoms with van der Waals surface area (Å²) in [6.07, 6.45) is 2.65. The second-order valence-corrected chi connectivity index (χ2v) is 8.73. The molecule has 0 spiro atoms. The second kappa shape index (κ2) is 6.16. The fourth-order valence-electron chi connectivity index (χ4n) is 5.09. The van der Waals surface area contributed by atoms with Crippen molar-refractivity contribution in [1.82, 2.24) is 14.9 Å². The maximum atomic E-state index is 15.0. The molecule has 0 amide bonds. The van der Waals surface area contributed by atoms with Crippen molar-refractivity contribution in [2.45, 2.75) is 38.3 Å². The molecule has 2 aromatic rings. The number of carbonyl (C=O) groups is 1. The number of pyridine rings is 2. The average Bonchev–Trinajstić information content (AvgIpc) is 3.46. The van der Waals surface area contributed by atoms with Gasteiger partial charge in [0.2, 0.25) is 5.43 Å². The van der Waals surface area contributed by atoms with Crippen LogP contribution in [0.2, 0.25) is 0 Å². The summed E-state index contributed by atoms with van der Waals surface area (Å²) < 4.78 is 21.4. The largest absolute Gasteiger partial charge is 0.511 e. The van der Waals surface area contributed by atoms with Crippen LogP contribution in [0.1, 0.15) is 32.2 Å². The first-order valence-corrected chi connectivity index (χ1v) is 9.89. The van der Waals surface area contributed by atoms with E-state index in [4.69, 9.17) is 5.11 Å². The number of carboxylic acid groups (broad SMARTS) is 1. The zero-order chi connectivity index (χ0) is 20.5. The molecule has 2 saturated carbocycles. The van der Waals surface area contributed by atoms with Gasteiger partial charge in [-0.1, -0.05) is 6.92 Å². The minimum atomic E-state index is -1.58. The maximum absolute atomic E-state index is 15.0. The van der Waals surface area contributed by atoms with E-state index in [0.717, 1.165) is 25.8 Å². The number of fused-ring (bicyclic) bond motifs is 2. The Bertz CT molecular complexity index is 1080. The molecule has 3 aliphatic rings. The van der Waals surface area contributed by atoms with Gasteiger partial charge in [0, 0.05) is 25.2 Å². The molecule has 3 fully saturated rings. The fourth-order valence-corrected chi connectivity index (χ4v) is 5.09. The third kappa shape index (κ3) is 2.78. The number of nitrogens with one attached hydrogen (secondary N) is 1. The SMILES string of the molecule is CN[C@H]1C[C@@]2(C)CN(c3nc4c(cc3F)c(=O)c(OC(=O)O)cn4C3CC3)C[C@@H]12. The van der Waals surface area contributed by atoms with E-state index >= 15 is 4.39 Å². The molecule has 2 N–H and O–H groups in total. The van der Waals surface area contributed by atoms with Gasteiger partial charge in [0.15, 0.2) is 17.4 Å². The van der Waals surface area contributed by atoms with Gasteiger partial charge in [0.25, 0.3) is 0 Å². The normalized spacial score (nSPS) is 28.3. The molecule has 1 aliphatic heterocycles. The zero-order valence-corrected chi connectivity index (χ0v) is 16.3. The Labute approximate surface area is 166 Å². The Hall–Kier alpha value is -2.68. The summed E-state index contributed by atoms with van der Waals surface area (Å²) in [7, 11) is 1.95. The predicted molar refractivity (Wildman–Crippen MR) is 104 cm³/mol. The van der Waals surface area contributed by atoms with E-state index in [1.807, 2.05) is 11.9 Å². The number of halogens is 1. The molecular formula is C20H23FN4O4. The maximum Gasteiger partial charge on any atom is 0.511 e. The highest BCUT2D eigenvalue weighted by Gasteiger charge is 2.55. The molecule has 9 heteroatoms. The molecule has 0 aromatic carbocycles. The lowest BCUT2D eigenvalue weighted by atomic mass is 9.60. The first-order valence-electron chi connectivity index (χ1n) is 9.89. The Morgan fingerprint density at radius 1 is 1.45 bits per heavy atom. The molecule has 8 nitrogen and oxygen atoms in total. The van der Waals surface area contributed by atoms with Gasteiger partial charge in [-0.05, 0) is 43.7 Å². The van der Waals surface area contributed by atoms with Crippen LogP contribution >= 0.6 is 0 Å². The average molecular weight is 402 g/mol. The van der Waals surface area contributed by atoms with Crippen LogP contribution in [0.15, 0.2) is 17.1 Å². The van der Waals surface area contributed by atoms with Gasteiger partial charge < -0.3 is 24.6 Å². The van der Waals surface area contributed by atoms with Crippen molar-refractivity contribution in [3.05, 3.63) is 28.3 Å². The van der Waals surface area contributed by atoms with E-state index in [1.54, 1.807) is 4.57 Å². The van der Waals surface area contributed by atoms with Gasteiger partial charge in [-0.25, -0.2) is 14.2 Å². The standard InChI is InChI=1S/C20H23FN4O4/c1-20-6-14(22-2)12(20)7-24(9-20)18-13(21)5-11-16(26)15(29-19(27)28)8-25(10-3-4-10)17(11)23-18/h5,8,10,12,14,22H,3-4,6-7,9H2,1-2H3,(H,27,28)/t12-,14-,20-/m0/s1. The predicted octanol–water partition coefficient (Wildman–Crippen LogP) is 2.36. The Morgan fingerprint density at radius 2 is 2.21 bits per heavy atom. The number of nitrogens with zero attached hydrogens (tertiary/aromatic N) is 3. The summed E-state index contributed by atoms with van der Waals surface area (Å²) in [4.78, 5) is 30.1. The molecule has 0 radical (unpaired) electrons. The highest BCUT2D eigenvalue weighted by atomic mass is 19.1. The van der Waals surface area contributed by atoms with Crippen molar-refractivity contribution >= 4 is 23.0 Å². The lowest BCUT2D eigenvalue weighted by molar-refractivity contribution is 0.0577. The summed E-state index contributed by atoms with van der Waals surface area (Å²) in [6, 6.07) is 1.71. The molecule has 3 heterocycles. The highest BCUT2D eigenvalue weighted by molar-refractivity contribution is 5.80. The van der Waals surface area contributed by atoms with Gasteiger partial charge >= 0.3 is 6.16 Å². The molecule has 2 aliphatic carbocycles. The number of aromatic nitrogens is 2. The van der Waals surface area contributed by atoms with E-state index in [2.05, 4.69) is 22.0 Å². The third-order valence-corrected chi connectivity index (χ3v) is 6.75.